The third-order valence-corrected chi connectivity index (χ3v) is 3.11. The number of carbonyl (C=O) groups is 2. The van der Waals surface area contributed by atoms with Gasteiger partial charge in [0, 0.05) is 17.1 Å². The molecule has 0 aliphatic carbocycles. The van der Waals surface area contributed by atoms with E-state index in [1.807, 2.05) is 5.32 Å². The number of nitrogens with one attached hydrogen (secondary N) is 1. The highest BCUT2D eigenvalue weighted by Crippen LogP contribution is 2.20. The summed E-state index contributed by atoms with van der Waals surface area (Å²) in [6, 6.07) is 2.80. The number of halogens is 2. The molecule has 0 saturated heterocycles. The van der Waals surface area contributed by atoms with Crippen LogP contribution in [0.5, 0.6) is 0 Å². The van der Waals surface area contributed by atoms with Gasteiger partial charge in [-0.1, -0.05) is 17.7 Å². The number of rotatable bonds is 4. The summed E-state index contributed by atoms with van der Waals surface area (Å²) in [4.78, 5) is 23.7. The third kappa shape index (κ3) is 4.18. The van der Waals surface area contributed by atoms with Crippen LogP contribution in [-0.4, -0.2) is 29.9 Å². The molecule has 1 aromatic carbocycles. The van der Waals surface area contributed by atoms with E-state index in [0.29, 0.717) is 5.56 Å². The lowest BCUT2D eigenvalue weighted by Gasteiger charge is -2.23. The molecule has 0 heterocycles. The molecular weight excluding hydrogens is 273 g/mol. The highest BCUT2D eigenvalue weighted by molar-refractivity contribution is 6.31. The fourth-order valence-corrected chi connectivity index (χ4v) is 1.72. The maximum absolute atomic E-state index is 13.6. The molecule has 1 rings (SSSR count). The summed E-state index contributed by atoms with van der Waals surface area (Å²) in [5, 5.41) is 2.26. The topological polar surface area (TPSA) is 75.4 Å². The maximum Gasteiger partial charge on any atom is 0.318 e. The van der Waals surface area contributed by atoms with Crippen molar-refractivity contribution in [1.82, 2.24) is 10.2 Å². The number of carbonyl (C=O) groups excluding carboxylic acids is 2. The Morgan fingerprint density at radius 1 is 1.53 bits per heavy atom. The number of hydrogen-bond donors (Lipinski definition) is 2. The first kappa shape index (κ1) is 15.4. The van der Waals surface area contributed by atoms with E-state index in [4.69, 9.17) is 17.3 Å². The average Bonchev–Trinajstić information content (AvgIpc) is 2.32. The molecule has 19 heavy (non-hydrogen) atoms. The Kier molecular flexibility index (Phi) is 5.26. The van der Waals surface area contributed by atoms with Gasteiger partial charge in [-0.2, -0.15) is 0 Å². The molecule has 0 radical (unpaired) electrons. The zero-order valence-electron chi connectivity index (χ0n) is 10.6. The van der Waals surface area contributed by atoms with Crippen molar-refractivity contribution in [2.45, 2.75) is 19.5 Å². The first-order valence-electron chi connectivity index (χ1n) is 5.56. The van der Waals surface area contributed by atoms with Gasteiger partial charge in [0.25, 0.3) is 0 Å². The fourth-order valence-electron chi connectivity index (χ4n) is 1.50. The minimum atomic E-state index is -0.922. The molecule has 0 fully saturated rings. The van der Waals surface area contributed by atoms with Crippen LogP contribution in [0.4, 0.5) is 9.18 Å². The molecule has 0 aliphatic heterocycles. The Labute approximate surface area is 115 Å². The number of nitrogens with two attached hydrogens (primary N) is 1. The first-order valence-corrected chi connectivity index (χ1v) is 5.94. The summed E-state index contributed by atoms with van der Waals surface area (Å²) in [7, 11) is 1.62. The molecule has 7 heteroatoms. The van der Waals surface area contributed by atoms with Crippen LogP contribution in [0.1, 0.15) is 12.5 Å². The van der Waals surface area contributed by atoms with Gasteiger partial charge in [0.1, 0.15) is 5.82 Å². The van der Waals surface area contributed by atoms with Crippen LogP contribution < -0.4 is 11.1 Å². The van der Waals surface area contributed by atoms with Gasteiger partial charge in [-0.3, -0.25) is 15.0 Å². The van der Waals surface area contributed by atoms with E-state index in [1.54, 1.807) is 24.9 Å². The van der Waals surface area contributed by atoms with E-state index < -0.39 is 23.8 Å². The Bertz CT molecular complexity index is 476. The second-order valence-electron chi connectivity index (χ2n) is 4.14. The lowest BCUT2D eigenvalue weighted by Crippen LogP contribution is -2.46. The predicted octanol–water partition coefficient (Wildman–Crippen LogP) is 1.49. The van der Waals surface area contributed by atoms with Crippen molar-refractivity contribution >= 4 is 23.5 Å². The number of urea groups is 1. The van der Waals surface area contributed by atoms with Crippen LogP contribution in [0.15, 0.2) is 18.2 Å². The van der Waals surface area contributed by atoms with Crippen molar-refractivity contribution in [3.8, 4) is 0 Å². The first-order chi connectivity index (χ1) is 8.82. The van der Waals surface area contributed by atoms with Crippen LogP contribution >= 0.6 is 11.6 Å². The van der Waals surface area contributed by atoms with E-state index >= 15 is 0 Å². The van der Waals surface area contributed by atoms with Crippen molar-refractivity contribution in [3.05, 3.63) is 34.6 Å². The lowest BCUT2D eigenvalue weighted by molar-refractivity contribution is -0.124. The highest BCUT2D eigenvalue weighted by atomic mass is 35.5. The standard InChI is InChI=1S/C12H15ClFN3O2/c1-7(11(18)16-12(15)19)17(2)6-8-9(13)4-3-5-10(8)14/h3-5,7H,6H2,1-2H3,(H3,15,16,18,19). The number of primary amides is 1. The van der Waals surface area contributed by atoms with Crippen LogP contribution in [0.2, 0.25) is 5.02 Å². The van der Waals surface area contributed by atoms with Crippen LogP contribution in [0, 0.1) is 5.82 Å². The molecule has 0 bridgehead atoms. The zero-order valence-corrected chi connectivity index (χ0v) is 11.4. The summed E-state index contributed by atoms with van der Waals surface area (Å²) < 4.78 is 13.6. The third-order valence-electron chi connectivity index (χ3n) is 2.76. The van der Waals surface area contributed by atoms with E-state index in [2.05, 4.69) is 0 Å². The maximum atomic E-state index is 13.6. The van der Waals surface area contributed by atoms with Gasteiger partial charge in [-0.05, 0) is 26.1 Å². The molecule has 0 saturated carbocycles. The number of benzene rings is 1. The summed E-state index contributed by atoms with van der Waals surface area (Å²) in [6.45, 7) is 1.71. The SMILES string of the molecule is CC(C(=O)NC(N)=O)N(C)Cc1c(F)cccc1Cl. The van der Waals surface area contributed by atoms with Crippen molar-refractivity contribution < 1.29 is 14.0 Å². The van der Waals surface area contributed by atoms with Crippen molar-refractivity contribution in [1.29, 1.82) is 0 Å². The molecule has 3 amide bonds. The van der Waals surface area contributed by atoms with Gasteiger partial charge in [-0.25, -0.2) is 9.18 Å². The minimum absolute atomic E-state index is 0.138. The van der Waals surface area contributed by atoms with E-state index in [-0.39, 0.29) is 11.6 Å². The summed E-state index contributed by atoms with van der Waals surface area (Å²) in [6.07, 6.45) is 0. The van der Waals surface area contributed by atoms with Gasteiger partial charge in [0.05, 0.1) is 6.04 Å². The smallest absolute Gasteiger partial charge is 0.318 e. The van der Waals surface area contributed by atoms with Gasteiger partial charge in [-0.15, -0.1) is 0 Å². The quantitative estimate of drug-likeness (QED) is 0.881. The van der Waals surface area contributed by atoms with Gasteiger partial charge in [0.15, 0.2) is 0 Å². The fraction of sp³-hybridized carbons (Fsp3) is 0.333. The molecule has 104 valence electrons. The number of imide groups is 1. The Balaban J connectivity index is 2.76. The van der Waals surface area contributed by atoms with Crippen molar-refractivity contribution in [2.75, 3.05) is 7.05 Å². The predicted molar refractivity (Wildman–Crippen MR) is 70.1 cm³/mol. The molecular formula is C12H15ClFN3O2. The van der Waals surface area contributed by atoms with E-state index in [1.165, 1.54) is 12.1 Å². The van der Waals surface area contributed by atoms with E-state index in [0.717, 1.165) is 0 Å². The average molecular weight is 288 g/mol. The van der Waals surface area contributed by atoms with Crippen LogP contribution in [0.3, 0.4) is 0 Å². The van der Waals surface area contributed by atoms with Crippen molar-refractivity contribution in [2.24, 2.45) is 5.73 Å². The molecule has 1 unspecified atom stereocenters. The minimum Gasteiger partial charge on any atom is -0.351 e. The number of nitrogens with zero attached hydrogens (tertiary/aromatic N) is 1. The lowest BCUT2D eigenvalue weighted by atomic mass is 10.1. The molecule has 0 spiro atoms. The Morgan fingerprint density at radius 2 is 2.16 bits per heavy atom. The largest absolute Gasteiger partial charge is 0.351 e. The van der Waals surface area contributed by atoms with Gasteiger partial charge < -0.3 is 5.73 Å². The molecule has 5 nitrogen and oxygen atoms in total. The Hall–Kier alpha value is -1.66. The van der Waals surface area contributed by atoms with Crippen molar-refractivity contribution in [3.63, 3.8) is 0 Å². The molecule has 0 aromatic heterocycles. The summed E-state index contributed by atoms with van der Waals surface area (Å²) >= 11 is 5.90. The second kappa shape index (κ2) is 6.49. The molecule has 1 atom stereocenters. The van der Waals surface area contributed by atoms with Crippen LogP contribution in [-0.2, 0) is 11.3 Å². The van der Waals surface area contributed by atoms with E-state index in [9.17, 15) is 14.0 Å². The molecule has 3 N–H and O–H groups in total. The summed E-state index contributed by atoms with van der Waals surface area (Å²) in [5.41, 5.74) is 5.16. The number of likely N-dealkylation sites (N-methyl/N-ethyl adjacent to an activating group) is 1. The van der Waals surface area contributed by atoms with Crippen LogP contribution in [0.25, 0.3) is 0 Å². The van der Waals surface area contributed by atoms with Gasteiger partial charge >= 0.3 is 6.03 Å². The molecule has 0 aliphatic rings. The number of hydrogen-bond acceptors (Lipinski definition) is 3. The normalized spacial score (nSPS) is 12.3. The Morgan fingerprint density at radius 3 is 2.68 bits per heavy atom. The van der Waals surface area contributed by atoms with Gasteiger partial charge in [0.2, 0.25) is 5.91 Å². The zero-order chi connectivity index (χ0) is 14.6. The molecule has 1 aromatic rings. The monoisotopic (exact) mass is 287 g/mol. The highest BCUT2D eigenvalue weighted by Gasteiger charge is 2.21. The number of amides is 3. The summed E-state index contributed by atoms with van der Waals surface area (Å²) in [5.74, 6) is -0.996. The second-order valence-corrected chi connectivity index (χ2v) is 4.55.